The predicted octanol–water partition coefficient (Wildman–Crippen LogP) is 3.92. The van der Waals surface area contributed by atoms with Crippen molar-refractivity contribution in [3.8, 4) is 0 Å². The number of halogens is 3. The van der Waals surface area contributed by atoms with Gasteiger partial charge < -0.3 is 11.1 Å². The van der Waals surface area contributed by atoms with Gasteiger partial charge in [0.25, 0.3) is 0 Å². The lowest BCUT2D eigenvalue weighted by Gasteiger charge is -2.25. The molecule has 0 aromatic heterocycles. The van der Waals surface area contributed by atoms with Crippen LogP contribution in [-0.2, 0) is 22.8 Å². The van der Waals surface area contributed by atoms with E-state index in [4.69, 9.17) is 5.73 Å². The number of amides is 1. The fourth-order valence-corrected chi connectivity index (χ4v) is 2.44. The van der Waals surface area contributed by atoms with E-state index in [1.807, 2.05) is 12.1 Å². The normalized spacial score (nSPS) is 12.0. The predicted molar refractivity (Wildman–Crippen MR) is 92.0 cm³/mol. The Morgan fingerprint density at radius 3 is 2.24 bits per heavy atom. The number of nitrogens with one attached hydrogen (secondary N) is 1. The van der Waals surface area contributed by atoms with Gasteiger partial charge in [-0.15, -0.1) is 0 Å². The highest BCUT2D eigenvalue weighted by molar-refractivity contribution is 5.87. The van der Waals surface area contributed by atoms with Crippen molar-refractivity contribution >= 4 is 11.6 Å². The van der Waals surface area contributed by atoms with Gasteiger partial charge in [0.05, 0.1) is 11.0 Å². The second kappa shape index (κ2) is 7.17. The van der Waals surface area contributed by atoms with E-state index in [0.717, 1.165) is 17.7 Å². The highest BCUT2D eigenvalue weighted by Crippen LogP contribution is 2.32. The van der Waals surface area contributed by atoms with E-state index < -0.39 is 17.2 Å². The first kappa shape index (κ1) is 18.8. The van der Waals surface area contributed by atoms with Crippen LogP contribution in [0.1, 0.15) is 30.5 Å². The van der Waals surface area contributed by atoms with Gasteiger partial charge in [0.15, 0.2) is 0 Å². The molecule has 0 aliphatic carbocycles. The molecule has 0 saturated heterocycles. The van der Waals surface area contributed by atoms with Crippen LogP contribution in [0.5, 0.6) is 0 Å². The molecule has 0 spiro atoms. The SMILES string of the molecule is CC(C)(C(=O)NCCc1ccc(N)cc1)c1cccc(C(F)(F)F)c1. The maximum atomic E-state index is 12.9. The first-order valence-electron chi connectivity index (χ1n) is 7.91. The van der Waals surface area contributed by atoms with Crippen LogP contribution in [0.4, 0.5) is 18.9 Å². The highest BCUT2D eigenvalue weighted by Gasteiger charge is 2.34. The molecule has 2 aromatic carbocycles. The van der Waals surface area contributed by atoms with Crippen molar-refractivity contribution in [2.45, 2.75) is 31.9 Å². The number of benzene rings is 2. The topological polar surface area (TPSA) is 55.1 Å². The van der Waals surface area contributed by atoms with Crippen LogP contribution in [0.15, 0.2) is 48.5 Å². The minimum atomic E-state index is -4.43. The molecule has 0 radical (unpaired) electrons. The van der Waals surface area contributed by atoms with Gasteiger partial charge in [-0.1, -0.05) is 30.3 Å². The smallest absolute Gasteiger partial charge is 0.399 e. The summed E-state index contributed by atoms with van der Waals surface area (Å²) in [4.78, 5) is 12.5. The van der Waals surface area contributed by atoms with Crippen LogP contribution in [0.25, 0.3) is 0 Å². The number of rotatable bonds is 5. The molecular weight excluding hydrogens is 329 g/mol. The second-order valence-electron chi connectivity index (χ2n) is 6.45. The summed E-state index contributed by atoms with van der Waals surface area (Å²) >= 11 is 0. The first-order valence-corrected chi connectivity index (χ1v) is 7.91. The van der Waals surface area contributed by atoms with Crippen molar-refractivity contribution in [3.63, 3.8) is 0 Å². The van der Waals surface area contributed by atoms with E-state index in [9.17, 15) is 18.0 Å². The Balaban J connectivity index is 2.03. The maximum Gasteiger partial charge on any atom is 0.416 e. The third-order valence-corrected chi connectivity index (χ3v) is 4.16. The fraction of sp³-hybridized carbons (Fsp3) is 0.316. The van der Waals surface area contributed by atoms with Crippen molar-refractivity contribution in [1.29, 1.82) is 0 Å². The molecule has 2 aromatic rings. The Hall–Kier alpha value is -2.50. The van der Waals surface area contributed by atoms with Gasteiger partial charge in [0.2, 0.25) is 5.91 Å². The van der Waals surface area contributed by atoms with Crippen LogP contribution < -0.4 is 11.1 Å². The molecule has 0 heterocycles. The molecule has 0 aliphatic rings. The number of anilines is 1. The highest BCUT2D eigenvalue weighted by atomic mass is 19.4. The van der Waals surface area contributed by atoms with E-state index in [1.165, 1.54) is 12.1 Å². The molecule has 2 rings (SSSR count). The third kappa shape index (κ3) is 4.75. The molecule has 0 bridgehead atoms. The van der Waals surface area contributed by atoms with Crippen molar-refractivity contribution in [2.75, 3.05) is 12.3 Å². The molecule has 0 fully saturated rings. The van der Waals surface area contributed by atoms with Gasteiger partial charge in [-0.2, -0.15) is 13.2 Å². The van der Waals surface area contributed by atoms with Crippen LogP contribution in [0.2, 0.25) is 0 Å². The molecule has 6 heteroatoms. The summed E-state index contributed by atoms with van der Waals surface area (Å²) in [7, 11) is 0. The zero-order chi connectivity index (χ0) is 18.7. The average Bonchev–Trinajstić information content (AvgIpc) is 2.56. The van der Waals surface area contributed by atoms with E-state index >= 15 is 0 Å². The summed E-state index contributed by atoms with van der Waals surface area (Å²) in [6, 6.07) is 12.2. The van der Waals surface area contributed by atoms with Crippen LogP contribution >= 0.6 is 0 Å². The molecular formula is C19H21F3N2O. The number of carbonyl (C=O) groups excluding carboxylic acids is 1. The molecule has 0 atom stereocenters. The molecule has 134 valence electrons. The Morgan fingerprint density at radius 1 is 1.04 bits per heavy atom. The lowest BCUT2D eigenvalue weighted by atomic mass is 9.83. The van der Waals surface area contributed by atoms with Crippen LogP contribution in [0, 0.1) is 0 Å². The van der Waals surface area contributed by atoms with Gasteiger partial charge >= 0.3 is 6.18 Å². The Morgan fingerprint density at radius 2 is 1.64 bits per heavy atom. The number of hydrogen-bond acceptors (Lipinski definition) is 2. The van der Waals surface area contributed by atoms with E-state index in [-0.39, 0.29) is 5.91 Å². The van der Waals surface area contributed by atoms with Crippen molar-refractivity contribution < 1.29 is 18.0 Å². The summed E-state index contributed by atoms with van der Waals surface area (Å²) in [5.74, 6) is -0.317. The van der Waals surface area contributed by atoms with Gasteiger partial charge in [-0.05, 0) is 49.6 Å². The number of hydrogen-bond donors (Lipinski definition) is 2. The van der Waals surface area contributed by atoms with E-state index in [0.29, 0.717) is 24.2 Å². The summed E-state index contributed by atoms with van der Waals surface area (Å²) in [6.45, 7) is 3.62. The van der Waals surface area contributed by atoms with Crippen molar-refractivity contribution in [1.82, 2.24) is 5.32 Å². The van der Waals surface area contributed by atoms with Gasteiger partial charge in [-0.3, -0.25) is 4.79 Å². The summed E-state index contributed by atoms with van der Waals surface area (Å²) in [5, 5.41) is 2.79. The summed E-state index contributed by atoms with van der Waals surface area (Å²) in [6.07, 6.45) is -3.82. The molecule has 0 aliphatic heterocycles. The molecule has 3 nitrogen and oxygen atoms in total. The van der Waals surface area contributed by atoms with Crippen molar-refractivity contribution in [2.24, 2.45) is 0 Å². The lowest BCUT2D eigenvalue weighted by Crippen LogP contribution is -2.41. The monoisotopic (exact) mass is 350 g/mol. The Labute approximate surface area is 145 Å². The lowest BCUT2D eigenvalue weighted by molar-refractivity contribution is -0.137. The third-order valence-electron chi connectivity index (χ3n) is 4.16. The van der Waals surface area contributed by atoms with Gasteiger partial charge in [0.1, 0.15) is 0 Å². The van der Waals surface area contributed by atoms with Crippen LogP contribution in [-0.4, -0.2) is 12.5 Å². The minimum Gasteiger partial charge on any atom is -0.399 e. The van der Waals surface area contributed by atoms with Gasteiger partial charge in [0, 0.05) is 12.2 Å². The molecule has 0 unspecified atom stereocenters. The van der Waals surface area contributed by atoms with Crippen molar-refractivity contribution in [3.05, 3.63) is 65.2 Å². The molecule has 1 amide bonds. The molecule has 0 saturated carbocycles. The fourth-order valence-electron chi connectivity index (χ4n) is 2.44. The summed E-state index contributed by atoms with van der Waals surface area (Å²) in [5.41, 5.74) is 5.81. The molecule has 3 N–H and O–H groups in total. The summed E-state index contributed by atoms with van der Waals surface area (Å²) < 4.78 is 38.6. The zero-order valence-electron chi connectivity index (χ0n) is 14.2. The van der Waals surface area contributed by atoms with Gasteiger partial charge in [-0.25, -0.2) is 0 Å². The zero-order valence-corrected chi connectivity index (χ0v) is 14.2. The standard InChI is InChI=1S/C19H21F3N2O/c1-18(2,14-4-3-5-15(12-14)19(20,21)22)17(25)24-11-10-13-6-8-16(23)9-7-13/h3-9,12H,10-11,23H2,1-2H3,(H,24,25). The Kier molecular flexibility index (Phi) is 5.40. The maximum absolute atomic E-state index is 12.9. The molecule has 25 heavy (non-hydrogen) atoms. The largest absolute Gasteiger partial charge is 0.416 e. The average molecular weight is 350 g/mol. The first-order chi connectivity index (χ1) is 11.6. The second-order valence-corrected chi connectivity index (χ2v) is 6.45. The number of nitrogen functional groups attached to an aromatic ring is 1. The van der Waals surface area contributed by atoms with Crippen LogP contribution in [0.3, 0.4) is 0 Å². The van der Waals surface area contributed by atoms with E-state index in [2.05, 4.69) is 5.32 Å². The van der Waals surface area contributed by atoms with E-state index in [1.54, 1.807) is 26.0 Å². The number of alkyl halides is 3. The Bertz CT molecular complexity index is 737. The quantitative estimate of drug-likeness (QED) is 0.803. The minimum absolute atomic E-state index is 0.317. The number of carbonyl (C=O) groups is 1. The number of nitrogens with two attached hydrogens (primary N) is 1.